The number of hydrogen-bond acceptors (Lipinski definition) is 1. The highest BCUT2D eigenvalue weighted by atomic mass is 15.1. The van der Waals surface area contributed by atoms with Crippen molar-refractivity contribution in [2.45, 2.75) is 19.3 Å². The van der Waals surface area contributed by atoms with Gasteiger partial charge in [0.1, 0.15) is 0 Å². The van der Waals surface area contributed by atoms with Crippen LogP contribution < -0.4 is 4.90 Å². The average molecular weight is 753 g/mol. The van der Waals surface area contributed by atoms with Gasteiger partial charge in [0.15, 0.2) is 0 Å². The quantitative estimate of drug-likeness (QED) is 0.170. The molecular formula is C57H40N2. The molecule has 2 aliphatic rings. The average Bonchev–Trinajstić information content (AvgIpc) is 3.89. The first kappa shape index (κ1) is 33.7. The van der Waals surface area contributed by atoms with Crippen LogP contribution >= 0.6 is 0 Å². The van der Waals surface area contributed by atoms with Gasteiger partial charge in [-0.3, -0.25) is 0 Å². The Labute approximate surface area is 344 Å². The summed E-state index contributed by atoms with van der Waals surface area (Å²) in [6, 6.07) is 76.7. The van der Waals surface area contributed by atoms with E-state index in [1.807, 2.05) is 0 Å². The fourth-order valence-corrected chi connectivity index (χ4v) is 10.4. The summed E-state index contributed by atoms with van der Waals surface area (Å²) in [5.41, 5.74) is 22.1. The summed E-state index contributed by atoms with van der Waals surface area (Å²) in [6.07, 6.45) is 0. The zero-order valence-electron chi connectivity index (χ0n) is 33.0. The number of para-hydroxylation sites is 1. The summed E-state index contributed by atoms with van der Waals surface area (Å²) in [6.45, 7) is 4.33. The second kappa shape index (κ2) is 12.8. The van der Waals surface area contributed by atoms with Crippen LogP contribution in [0.1, 0.15) is 33.4 Å². The molecule has 0 saturated carbocycles. The minimum Gasteiger partial charge on any atom is -0.310 e. The molecule has 1 spiro atoms. The second-order valence-electron chi connectivity index (χ2n) is 16.2. The molecule has 0 aliphatic heterocycles. The highest BCUT2D eigenvalue weighted by Crippen LogP contribution is 2.64. The first-order chi connectivity index (χ1) is 29.1. The fraction of sp³-hybridized carbons (Fsp3) is 0.0526. The molecule has 59 heavy (non-hydrogen) atoms. The molecule has 0 radical (unpaired) electrons. The van der Waals surface area contributed by atoms with Gasteiger partial charge in [-0.05, 0) is 125 Å². The lowest BCUT2D eigenvalue weighted by Crippen LogP contribution is -2.26. The van der Waals surface area contributed by atoms with Gasteiger partial charge in [0.2, 0.25) is 0 Å². The normalized spacial score (nSPS) is 13.1. The third kappa shape index (κ3) is 4.81. The Morgan fingerprint density at radius 2 is 0.898 bits per heavy atom. The summed E-state index contributed by atoms with van der Waals surface area (Å²) in [5, 5.41) is 2.57. The molecular weight excluding hydrogens is 713 g/mol. The molecule has 0 fully saturated rings. The summed E-state index contributed by atoms with van der Waals surface area (Å²) in [7, 11) is 0. The molecule has 2 heteroatoms. The second-order valence-corrected chi connectivity index (χ2v) is 16.2. The van der Waals surface area contributed by atoms with Gasteiger partial charge < -0.3 is 9.47 Å². The van der Waals surface area contributed by atoms with Gasteiger partial charge in [-0.1, -0.05) is 157 Å². The Hall–Kier alpha value is -7.42. The van der Waals surface area contributed by atoms with Crippen molar-refractivity contribution in [1.82, 2.24) is 4.57 Å². The number of hydrogen-bond donors (Lipinski definition) is 0. The maximum absolute atomic E-state index is 2.46. The molecule has 0 unspecified atom stereocenters. The van der Waals surface area contributed by atoms with Crippen molar-refractivity contribution in [2.24, 2.45) is 0 Å². The number of nitrogens with zero attached hydrogens (tertiary/aromatic N) is 2. The van der Waals surface area contributed by atoms with Gasteiger partial charge in [0.05, 0.1) is 22.1 Å². The molecule has 0 N–H and O–H groups in total. The van der Waals surface area contributed by atoms with E-state index in [4.69, 9.17) is 0 Å². The molecule has 12 rings (SSSR count). The van der Waals surface area contributed by atoms with E-state index in [1.165, 1.54) is 94.3 Å². The van der Waals surface area contributed by atoms with E-state index in [0.29, 0.717) is 0 Å². The van der Waals surface area contributed by atoms with Gasteiger partial charge >= 0.3 is 0 Å². The molecule has 0 amide bonds. The van der Waals surface area contributed by atoms with E-state index in [-0.39, 0.29) is 0 Å². The molecule has 278 valence electrons. The van der Waals surface area contributed by atoms with Crippen LogP contribution in [0.5, 0.6) is 0 Å². The van der Waals surface area contributed by atoms with E-state index in [0.717, 1.165) is 17.1 Å². The smallest absolute Gasteiger partial charge is 0.0726 e. The minimum atomic E-state index is -0.401. The fourth-order valence-electron chi connectivity index (χ4n) is 10.4. The van der Waals surface area contributed by atoms with Crippen LogP contribution in [0, 0.1) is 13.8 Å². The number of anilines is 3. The maximum Gasteiger partial charge on any atom is 0.0726 e. The van der Waals surface area contributed by atoms with Gasteiger partial charge in [-0.15, -0.1) is 0 Å². The van der Waals surface area contributed by atoms with Crippen molar-refractivity contribution in [3.05, 3.63) is 240 Å². The molecule has 1 aromatic heterocycles. The molecule has 9 aromatic carbocycles. The van der Waals surface area contributed by atoms with Crippen molar-refractivity contribution in [2.75, 3.05) is 4.90 Å². The van der Waals surface area contributed by atoms with E-state index in [2.05, 4.69) is 230 Å². The van der Waals surface area contributed by atoms with E-state index in [9.17, 15) is 0 Å². The highest BCUT2D eigenvalue weighted by molar-refractivity contribution is 6.09. The standard InChI is InChI=1S/C57H40N2/c1-37-22-29-41(30-23-37)58(42-31-25-39(26-32-42)40-27-33-43(34-28-40)59-53-20-10-6-14-46(53)48-36-38(2)24-35-54(48)59)55-21-11-19-52-56(55)47-15-5-9-18-51(47)57(52)49-16-7-3-12-44(49)45-13-4-8-17-50(45)57/h3-36H,1-2H3. The maximum atomic E-state index is 2.46. The Kier molecular flexibility index (Phi) is 7.31. The van der Waals surface area contributed by atoms with Crippen molar-refractivity contribution >= 4 is 38.9 Å². The number of aryl methyl sites for hydroxylation is 2. The number of fused-ring (bicyclic) bond motifs is 13. The van der Waals surface area contributed by atoms with Crippen LogP contribution in [0.2, 0.25) is 0 Å². The van der Waals surface area contributed by atoms with Crippen LogP contribution in [0.15, 0.2) is 206 Å². The molecule has 2 nitrogen and oxygen atoms in total. The third-order valence-electron chi connectivity index (χ3n) is 12.9. The van der Waals surface area contributed by atoms with Crippen LogP contribution in [0.3, 0.4) is 0 Å². The number of rotatable bonds is 5. The summed E-state index contributed by atoms with van der Waals surface area (Å²) < 4.78 is 2.39. The van der Waals surface area contributed by atoms with Crippen LogP contribution in [-0.4, -0.2) is 4.57 Å². The van der Waals surface area contributed by atoms with Crippen molar-refractivity contribution in [3.63, 3.8) is 0 Å². The summed E-state index contributed by atoms with van der Waals surface area (Å²) in [4.78, 5) is 2.46. The van der Waals surface area contributed by atoms with Crippen LogP contribution in [0.4, 0.5) is 17.1 Å². The Balaban J connectivity index is 0.988. The molecule has 2 aliphatic carbocycles. The largest absolute Gasteiger partial charge is 0.310 e. The van der Waals surface area contributed by atoms with Crippen LogP contribution in [-0.2, 0) is 5.41 Å². The van der Waals surface area contributed by atoms with Crippen LogP contribution in [0.25, 0.3) is 60.9 Å². The number of benzene rings is 9. The highest BCUT2D eigenvalue weighted by Gasteiger charge is 2.52. The zero-order valence-corrected chi connectivity index (χ0v) is 33.0. The van der Waals surface area contributed by atoms with Gasteiger partial charge in [-0.2, -0.15) is 0 Å². The SMILES string of the molecule is Cc1ccc(N(c2ccc(-c3ccc(-n4c5ccccc5c5cc(C)ccc54)cc3)cc2)c2cccc3c2-c2ccccc2C32c3ccccc3-c3ccccc32)cc1. The first-order valence-corrected chi connectivity index (χ1v) is 20.6. The van der Waals surface area contributed by atoms with Gasteiger partial charge in [0, 0.05) is 33.4 Å². The molecule has 0 bridgehead atoms. The molecule has 0 saturated heterocycles. The Morgan fingerprint density at radius 3 is 1.58 bits per heavy atom. The molecule has 0 atom stereocenters. The van der Waals surface area contributed by atoms with E-state index >= 15 is 0 Å². The number of aromatic nitrogens is 1. The lowest BCUT2D eigenvalue weighted by atomic mass is 9.70. The first-order valence-electron chi connectivity index (χ1n) is 20.6. The zero-order chi connectivity index (χ0) is 39.2. The van der Waals surface area contributed by atoms with Crippen molar-refractivity contribution in [1.29, 1.82) is 0 Å². The lowest BCUT2D eigenvalue weighted by Gasteiger charge is -2.32. The van der Waals surface area contributed by atoms with Gasteiger partial charge in [-0.25, -0.2) is 0 Å². The lowest BCUT2D eigenvalue weighted by molar-refractivity contribution is 0.794. The summed E-state index contributed by atoms with van der Waals surface area (Å²) >= 11 is 0. The van der Waals surface area contributed by atoms with E-state index < -0.39 is 5.41 Å². The third-order valence-corrected chi connectivity index (χ3v) is 12.9. The Bertz CT molecular complexity index is 3230. The van der Waals surface area contributed by atoms with E-state index in [1.54, 1.807) is 0 Å². The molecule has 10 aromatic rings. The predicted molar refractivity (Wildman–Crippen MR) is 247 cm³/mol. The van der Waals surface area contributed by atoms with Crippen molar-refractivity contribution in [3.8, 4) is 39.1 Å². The van der Waals surface area contributed by atoms with Crippen molar-refractivity contribution < 1.29 is 0 Å². The molecule has 1 heterocycles. The predicted octanol–water partition coefficient (Wildman–Crippen LogP) is 14.9. The monoisotopic (exact) mass is 752 g/mol. The van der Waals surface area contributed by atoms with Gasteiger partial charge in [0.25, 0.3) is 0 Å². The summed E-state index contributed by atoms with van der Waals surface area (Å²) in [5.74, 6) is 0. The minimum absolute atomic E-state index is 0.401. The Morgan fingerprint density at radius 1 is 0.390 bits per heavy atom. The topological polar surface area (TPSA) is 8.17 Å².